The molecule has 0 radical (unpaired) electrons. The summed E-state index contributed by atoms with van der Waals surface area (Å²) >= 11 is 5.77. The van der Waals surface area contributed by atoms with Crippen molar-refractivity contribution in [2.75, 3.05) is 7.11 Å². The van der Waals surface area contributed by atoms with E-state index in [1.54, 1.807) is 24.3 Å². The van der Waals surface area contributed by atoms with E-state index in [9.17, 15) is 4.79 Å². The minimum Gasteiger partial charge on any atom is -0.490 e. The second-order valence-electron chi connectivity index (χ2n) is 3.14. The second-order valence-corrected chi connectivity index (χ2v) is 3.57. The van der Waals surface area contributed by atoms with Crippen LogP contribution in [0.5, 0.6) is 5.75 Å². The highest BCUT2D eigenvalue weighted by molar-refractivity contribution is 6.30. The van der Waals surface area contributed by atoms with Crippen LogP contribution in [0.25, 0.3) is 11.4 Å². The molecule has 1 aromatic heterocycles. The lowest BCUT2D eigenvalue weighted by atomic mass is 10.2. The fourth-order valence-electron chi connectivity index (χ4n) is 1.28. The summed E-state index contributed by atoms with van der Waals surface area (Å²) in [5.41, 5.74) is 0.492. The Morgan fingerprint density at radius 2 is 2.00 bits per heavy atom. The second kappa shape index (κ2) is 4.37. The molecule has 2 rings (SSSR count). The Morgan fingerprint density at radius 3 is 2.56 bits per heavy atom. The van der Waals surface area contributed by atoms with Crippen molar-refractivity contribution in [1.82, 2.24) is 9.97 Å². The zero-order chi connectivity index (χ0) is 11.5. The Hall–Kier alpha value is -1.81. The molecule has 0 aliphatic carbocycles. The number of hydrogen-bond acceptors (Lipinski definition) is 3. The van der Waals surface area contributed by atoms with Gasteiger partial charge in [-0.05, 0) is 24.3 Å². The molecule has 0 saturated heterocycles. The number of aromatic nitrogens is 2. The van der Waals surface area contributed by atoms with Crippen LogP contribution in [0.4, 0.5) is 0 Å². The number of halogens is 1. The molecule has 1 N–H and O–H groups in total. The summed E-state index contributed by atoms with van der Waals surface area (Å²) in [6, 6.07) is 7.04. The Kier molecular flexibility index (Phi) is 2.92. The predicted octanol–water partition coefficient (Wildman–Crippen LogP) is 2.10. The third-order valence-electron chi connectivity index (χ3n) is 2.10. The van der Waals surface area contributed by atoms with Crippen LogP contribution in [-0.4, -0.2) is 17.1 Å². The Labute approximate surface area is 96.9 Å². The van der Waals surface area contributed by atoms with Crippen molar-refractivity contribution in [3.8, 4) is 17.1 Å². The SMILES string of the molecule is COc1cnc(-c2ccc(Cl)cc2)[nH]c1=O. The van der Waals surface area contributed by atoms with Gasteiger partial charge in [-0.15, -0.1) is 0 Å². The van der Waals surface area contributed by atoms with E-state index in [1.807, 2.05) is 0 Å². The van der Waals surface area contributed by atoms with Gasteiger partial charge >= 0.3 is 0 Å². The average molecular weight is 237 g/mol. The maximum atomic E-state index is 11.5. The minimum absolute atomic E-state index is 0.192. The lowest BCUT2D eigenvalue weighted by Crippen LogP contribution is -2.11. The van der Waals surface area contributed by atoms with Gasteiger partial charge in [-0.2, -0.15) is 0 Å². The van der Waals surface area contributed by atoms with E-state index in [1.165, 1.54) is 13.3 Å². The largest absolute Gasteiger partial charge is 0.490 e. The first-order valence-electron chi connectivity index (χ1n) is 4.60. The normalized spacial score (nSPS) is 10.1. The van der Waals surface area contributed by atoms with E-state index in [-0.39, 0.29) is 11.3 Å². The monoisotopic (exact) mass is 236 g/mol. The van der Waals surface area contributed by atoms with Gasteiger partial charge in [0.25, 0.3) is 5.56 Å². The predicted molar refractivity (Wildman–Crippen MR) is 61.9 cm³/mol. The summed E-state index contributed by atoms with van der Waals surface area (Å²) < 4.78 is 4.83. The maximum absolute atomic E-state index is 11.5. The molecule has 5 heteroatoms. The standard InChI is InChI=1S/C11H9ClN2O2/c1-16-9-6-13-10(14-11(9)15)7-2-4-8(12)5-3-7/h2-6H,1H3,(H,13,14,15). The Morgan fingerprint density at radius 1 is 1.31 bits per heavy atom. The van der Waals surface area contributed by atoms with Gasteiger partial charge in [-0.1, -0.05) is 11.6 Å². The van der Waals surface area contributed by atoms with Gasteiger partial charge in [0, 0.05) is 10.6 Å². The summed E-state index contributed by atoms with van der Waals surface area (Å²) in [5.74, 6) is 0.681. The van der Waals surface area contributed by atoms with Gasteiger partial charge in [0.1, 0.15) is 5.82 Å². The highest BCUT2D eigenvalue weighted by Crippen LogP contribution is 2.17. The third kappa shape index (κ3) is 2.06. The van der Waals surface area contributed by atoms with Crippen molar-refractivity contribution in [1.29, 1.82) is 0 Å². The maximum Gasteiger partial charge on any atom is 0.293 e. The van der Waals surface area contributed by atoms with E-state index >= 15 is 0 Å². The van der Waals surface area contributed by atoms with Gasteiger partial charge in [0.05, 0.1) is 13.3 Å². The van der Waals surface area contributed by atoms with Gasteiger partial charge in [-0.25, -0.2) is 4.98 Å². The molecule has 0 spiro atoms. The number of hydrogen-bond donors (Lipinski definition) is 1. The van der Waals surface area contributed by atoms with Crippen LogP contribution in [0.2, 0.25) is 5.02 Å². The van der Waals surface area contributed by atoms with E-state index < -0.39 is 0 Å². The van der Waals surface area contributed by atoms with E-state index in [0.717, 1.165) is 5.56 Å². The molecule has 0 bridgehead atoms. The van der Waals surface area contributed by atoms with Crippen molar-refractivity contribution in [3.05, 3.63) is 45.8 Å². The lowest BCUT2D eigenvalue weighted by Gasteiger charge is -2.02. The highest BCUT2D eigenvalue weighted by atomic mass is 35.5. The number of ether oxygens (including phenoxy) is 1. The number of methoxy groups -OCH3 is 1. The summed E-state index contributed by atoms with van der Waals surface area (Å²) in [5, 5.41) is 0.639. The molecule has 0 saturated carbocycles. The van der Waals surface area contributed by atoms with Crippen LogP contribution in [0.3, 0.4) is 0 Å². The molecule has 2 aromatic rings. The molecule has 1 aromatic carbocycles. The first-order valence-corrected chi connectivity index (χ1v) is 4.98. The van der Waals surface area contributed by atoms with E-state index in [4.69, 9.17) is 16.3 Å². The smallest absolute Gasteiger partial charge is 0.293 e. The lowest BCUT2D eigenvalue weighted by molar-refractivity contribution is 0.406. The number of nitrogens with zero attached hydrogens (tertiary/aromatic N) is 1. The quantitative estimate of drug-likeness (QED) is 0.869. The fourth-order valence-corrected chi connectivity index (χ4v) is 1.41. The van der Waals surface area contributed by atoms with Crippen molar-refractivity contribution in [2.45, 2.75) is 0 Å². The molecular weight excluding hydrogens is 228 g/mol. The van der Waals surface area contributed by atoms with E-state index in [2.05, 4.69) is 9.97 Å². The molecular formula is C11H9ClN2O2. The van der Waals surface area contributed by atoms with Crippen LogP contribution >= 0.6 is 11.6 Å². The first kappa shape index (κ1) is 10.7. The number of benzene rings is 1. The molecule has 0 aliphatic heterocycles. The molecule has 4 nitrogen and oxygen atoms in total. The number of nitrogens with one attached hydrogen (secondary N) is 1. The zero-order valence-electron chi connectivity index (χ0n) is 8.53. The Balaban J connectivity index is 2.45. The van der Waals surface area contributed by atoms with Crippen molar-refractivity contribution in [3.63, 3.8) is 0 Å². The van der Waals surface area contributed by atoms with Crippen molar-refractivity contribution < 1.29 is 4.74 Å². The van der Waals surface area contributed by atoms with Gasteiger partial charge in [-0.3, -0.25) is 4.79 Å². The molecule has 0 unspecified atom stereocenters. The molecule has 82 valence electrons. The van der Waals surface area contributed by atoms with Crippen LogP contribution in [0, 0.1) is 0 Å². The fraction of sp³-hybridized carbons (Fsp3) is 0.0909. The van der Waals surface area contributed by atoms with Crippen LogP contribution in [0.1, 0.15) is 0 Å². The zero-order valence-corrected chi connectivity index (χ0v) is 9.28. The summed E-state index contributed by atoms with van der Waals surface area (Å²) in [7, 11) is 1.42. The topological polar surface area (TPSA) is 55.0 Å². The summed E-state index contributed by atoms with van der Waals surface area (Å²) in [6.07, 6.45) is 1.39. The summed E-state index contributed by atoms with van der Waals surface area (Å²) in [6.45, 7) is 0. The highest BCUT2D eigenvalue weighted by Gasteiger charge is 2.04. The molecule has 16 heavy (non-hydrogen) atoms. The van der Waals surface area contributed by atoms with Crippen molar-refractivity contribution >= 4 is 11.6 Å². The first-order chi connectivity index (χ1) is 7.70. The van der Waals surface area contributed by atoms with E-state index in [0.29, 0.717) is 10.8 Å². The molecule has 0 aliphatic rings. The molecule has 0 amide bonds. The van der Waals surface area contributed by atoms with Gasteiger partial charge in [0.2, 0.25) is 5.75 Å². The van der Waals surface area contributed by atoms with Crippen LogP contribution in [-0.2, 0) is 0 Å². The Bertz CT molecular complexity index is 549. The van der Waals surface area contributed by atoms with Gasteiger partial charge in [0.15, 0.2) is 0 Å². The third-order valence-corrected chi connectivity index (χ3v) is 2.36. The average Bonchev–Trinajstić information content (AvgIpc) is 2.30. The molecule has 0 fully saturated rings. The number of aromatic amines is 1. The molecule has 0 atom stereocenters. The van der Waals surface area contributed by atoms with Crippen molar-refractivity contribution in [2.24, 2.45) is 0 Å². The molecule has 1 heterocycles. The minimum atomic E-state index is -0.303. The number of rotatable bonds is 2. The van der Waals surface area contributed by atoms with Gasteiger partial charge < -0.3 is 9.72 Å². The number of H-pyrrole nitrogens is 1. The van der Waals surface area contributed by atoms with Crippen LogP contribution < -0.4 is 10.3 Å². The van der Waals surface area contributed by atoms with Crippen LogP contribution in [0.15, 0.2) is 35.3 Å². The summed E-state index contributed by atoms with van der Waals surface area (Å²) in [4.78, 5) is 18.2.